The van der Waals surface area contributed by atoms with Gasteiger partial charge in [-0.25, -0.2) is 4.79 Å². The first-order valence-corrected chi connectivity index (χ1v) is 7.95. The molecule has 128 valence electrons. The van der Waals surface area contributed by atoms with Crippen molar-refractivity contribution < 1.29 is 19.1 Å². The number of ether oxygens (including phenoxy) is 1. The van der Waals surface area contributed by atoms with Gasteiger partial charge >= 0.3 is 6.03 Å². The van der Waals surface area contributed by atoms with E-state index in [1.807, 2.05) is 0 Å². The number of nitrogens with one attached hydrogen (secondary N) is 2. The lowest BCUT2D eigenvalue weighted by atomic mass is 10.1. The number of morpholine rings is 1. The fraction of sp³-hybridized carbons (Fsp3) is 0.438. The van der Waals surface area contributed by atoms with Crippen LogP contribution < -0.4 is 10.6 Å². The molecule has 2 saturated heterocycles. The summed E-state index contributed by atoms with van der Waals surface area (Å²) in [5.74, 6) is -0.411. The van der Waals surface area contributed by atoms with E-state index in [9.17, 15) is 14.4 Å². The molecule has 1 aromatic carbocycles. The number of hydrogen-bond acceptors (Lipinski definition) is 5. The van der Waals surface area contributed by atoms with Crippen LogP contribution in [0.1, 0.15) is 10.4 Å². The molecule has 24 heavy (non-hydrogen) atoms. The molecule has 0 aliphatic carbocycles. The second-order valence-electron chi connectivity index (χ2n) is 5.58. The number of amides is 4. The third-order valence-corrected chi connectivity index (χ3v) is 4.04. The van der Waals surface area contributed by atoms with Gasteiger partial charge in [0.2, 0.25) is 5.91 Å². The third kappa shape index (κ3) is 3.48. The number of rotatable bonds is 4. The first-order valence-electron chi connectivity index (χ1n) is 7.95. The highest BCUT2D eigenvalue weighted by atomic mass is 16.5. The maximum Gasteiger partial charge on any atom is 0.324 e. The summed E-state index contributed by atoms with van der Waals surface area (Å²) >= 11 is 0. The van der Waals surface area contributed by atoms with Crippen LogP contribution in [0.15, 0.2) is 24.3 Å². The molecule has 0 aromatic heterocycles. The Morgan fingerprint density at radius 1 is 1.17 bits per heavy atom. The van der Waals surface area contributed by atoms with Crippen LogP contribution in [0.25, 0.3) is 0 Å². The van der Waals surface area contributed by atoms with E-state index in [-0.39, 0.29) is 24.4 Å². The van der Waals surface area contributed by atoms with Crippen molar-refractivity contribution in [3.63, 3.8) is 0 Å². The second-order valence-corrected chi connectivity index (χ2v) is 5.58. The second kappa shape index (κ2) is 7.31. The van der Waals surface area contributed by atoms with Crippen LogP contribution in [0.5, 0.6) is 0 Å². The van der Waals surface area contributed by atoms with Crippen molar-refractivity contribution in [2.45, 2.75) is 0 Å². The van der Waals surface area contributed by atoms with Gasteiger partial charge < -0.3 is 20.3 Å². The Labute approximate surface area is 139 Å². The summed E-state index contributed by atoms with van der Waals surface area (Å²) in [5, 5.41) is 5.57. The molecule has 4 amide bonds. The van der Waals surface area contributed by atoms with Crippen LogP contribution in [-0.4, -0.2) is 73.6 Å². The van der Waals surface area contributed by atoms with Crippen molar-refractivity contribution in [3.8, 4) is 0 Å². The van der Waals surface area contributed by atoms with Gasteiger partial charge in [-0.3, -0.25) is 14.5 Å². The number of imide groups is 1. The number of carbonyl (C=O) groups is 3. The fourth-order valence-electron chi connectivity index (χ4n) is 2.74. The van der Waals surface area contributed by atoms with Gasteiger partial charge in [-0.2, -0.15) is 0 Å². The van der Waals surface area contributed by atoms with Gasteiger partial charge in [-0.15, -0.1) is 0 Å². The molecule has 2 aliphatic rings. The molecule has 0 atom stereocenters. The summed E-state index contributed by atoms with van der Waals surface area (Å²) in [5.41, 5.74) is 1.10. The topological polar surface area (TPSA) is 91.0 Å². The van der Waals surface area contributed by atoms with Crippen molar-refractivity contribution >= 4 is 23.5 Å². The zero-order chi connectivity index (χ0) is 16.9. The van der Waals surface area contributed by atoms with Crippen LogP contribution in [0.3, 0.4) is 0 Å². The van der Waals surface area contributed by atoms with Crippen LogP contribution in [0.2, 0.25) is 0 Å². The van der Waals surface area contributed by atoms with Gasteiger partial charge in [0.25, 0.3) is 5.91 Å². The van der Waals surface area contributed by atoms with Gasteiger partial charge in [0, 0.05) is 31.9 Å². The molecule has 8 heteroatoms. The quantitative estimate of drug-likeness (QED) is 0.817. The number of anilines is 1. The van der Waals surface area contributed by atoms with E-state index in [0.29, 0.717) is 50.6 Å². The average molecular weight is 332 g/mol. The summed E-state index contributed by atoms with van der Waals surface area (Å²) < 4.78 is 5.26. The highest BCUT2D eigenvalue weighted by molar-refractivity contribution is 6.01. The number of para-hydroxylation sites is 1. The molecular weight excluding hydrogens is 312 g/mol. The average Bonchev–Trinajstić information content (AvgIpc) is 3.06. The highest BCUT2D eigenvalue weighted by Gasteiger charge is 2.26. The lowest BCUT2D eigenvalue weighted by molar-refractivity contribution is -0.125. The summed E-state index contributed by atoms with van der Waals surface area (Å²) in [6.45, 7) is 2.97. The summed E-state index contributed by atoms with van der Waals surface area (Å²) in [6.07, 6.45) is 0. The van der Waals surface area contributed by atoms with E-state index in [4.69, 9.17) is 4.74 Å². The van der Waals surface area contributed by atoms with Gasteiger partial charge in [-0.05, 0) is 12.1 Å². The number of hydrogen-bond donors (Lipinski definition) is 2. The first-order chi connectivity index (χ1) is 11.7. The van der Waals surface area contributed by atoms with Crippen LogP contribution in [-0.2, 0) is 9.53 Å². The van der Waals surface area contributed by atoms with Crippen LogP contribution in [0, 0.1) is 0 Å². The van der Waals surface area contributed by atoms with E-state index in [0.717, 1.165) is 0 Å². The number of nitrogens with zero attached hydrogens (tertiary/aromatic N) is 2. The predicted molar refractivity (Wildman–Crippen MR) is 86.8 cm³/mol. The highest BCUT2D eigenvalue weighted by Crippen LogP contribution is 2.18. The predicted octanol–water partition coefficient (Wildman–Crippen LogP) is 0.123. The molecule has 0 radical (unpaired) electrons. The van der Waals surface area contributed by atoms with Crippen molar-refractivity contribution in [1.82, 2.24) is 15.1 Å². The Morgan fingerprint density at radius 3 is 2.62 bits per heavy atom. The minimum Gasteiger partial charge on any atom is -0.378 e. The van der Waals surface area contributed by atoms with Crippen molar-refractivity contribution in [3.05, 3.63) is 29.8 Å². The fourth-order valence-corrected chi connectivity index (χ4v) is 2.74. The minimum atomic E-state index is -0.375. The summed E-state index contributed by atoms with van der Waals surface area (Å²) in [6, 6.07) is 6.69. The summed E-state index contributed by atoms with van der Waals surface area (Å²) in [4.78, 5) is 39.2. The molecule has 2 N–H and O–H groups in total. The van der Waals surface area contributed by atoms with Crippen molar-refractivity contribution in [2.75, 3.05) is 51.3 Å². The minimum absolute atomic E-state index is 0.0408. The molecule has 0 saturated carbocycles. The standard InChI is InChI=1S/C16H20N4O4/c21-14(20-6-5-17-16(20)23)11-18-13-4-2-1-3-12(13)15(22)19-7-9-24-10-8-19/h1-4,18H,5-11H2,(H,17,23). The molecule has 2 fully saturated rings. The third-order valence-electron chi connectivity index (χ3n) is 4.04. The van der Waals surface area contributed by atoms with E-state index in [1.165, 1.54) is 4.90 Å². The van der Waals surface area contributed by atoms with Gasteiger partial charge in [-0.1, -0.05) is 12.1 Å². The monoisotopic (exact) mass is 332 g/mol. The Bertz CT molecular complexity index is 643. The number of carbonyl (C=O) groups excluding carboxylic acids is 3. The lowest BCUT2D eigenvalue weighted by Crippen LogP contribution is -2.41. The lowest BCUT2D eigenvalue weighted by Gasteiger charge is -2.27. The first kappa shape index (κ1) is 16.3. The molecule has 2 aliphatic heterocycles. The van der Waals surface area contributed by atoms with Gasteiger partial charge in [0.1, 0.15) is 0 Å². The zero-order valence-corrected chi connectivity index (χ0v) is 13.3. The molecule has 3 rings (SSSR count). The molecule has 0 spiro atoms. The molecule has 0 unspecified atom stereocenters. The van der Waals surface area contributed by atoms with Crippen LogP contribution >= 0.6 is 0 Å². The van der Waals surface area contributed by atoms with E-state index < -0.39 is 0 Å². The largest absolute Gasteiger partial charge is 0.378 e. The molecular formula is C16H20N4O4. The molecule has 1 aromatic rings. The summed E-state index contributed by atoms with van der Waals surface area (Å²) in [7, 11) is 0. The van der Waals surface area contributed by atoms with Crippen molar-refractivity contribution in [1.29, 1.82) is 0 Å². The smallest absolute Gasteiger partial charge is 0.324 e. The van der Waals surface area contributed by atoms with Crippen LogP contribution in [0.4, 0.5) is 10.5 Å². The van der Waals surface area contributed by atoms with E-state index in [1.54, 1.807) is 29.2 Å². The number of benzene rings is 1. The zero-order valence-electron chi connectivity index (χ0n) is 13.3. The normalized spacial score (nSPS) is 17.6. The van der Waals surface area contributed by atoms with Crippen molar-refractivity contribution in [2.24, 2.45) is 0 Å². The maximum atomic E-state index is 12.6. The SMILES string of the molecule is O=C(c1ccccc1NCC(=O)N1CCNC1=O)N1CCOCC1. The molecule has 8 nitrogen and oxygen atoms in total. The van der Waals surface area contributed by atoms with Gasteiger partial charge in [0.15, 0.2) is 0 Å². The Hall–Kier alpha value is -2.61. The molecule has 2 heterocycles. The maximum absolute atomic E-state index is 12.6. The molecule has 0 bridgehead atoms. The Kier molecular flexibility index (Phi) is 4.95. The Morgan fingerprint density at radius 2 is 1.92 bits per heavy atom. The van der Waals surface area contributed by atoms with Gasteiger partial charge in [0.05, 0.1) is 25.3 Å². The van der Waals surface area contributed by atoms with E-state index >= 15 is 0 Å². The number of urea groups is 1. The van der Waals surface area contributed by atoms with E-state index in [2.05, 4.69) is 10.6 Å². The Balaban J connectivity index is 1.66.